The molecular weight excluding hydrogens is 290 g/mol. The zero-order valence-electron chi connectivity index (χ0n) is 13.3. The molecule has 0 spiro atoms. The molecule has 122 valence electrons. The van der Waals surface area contributed by atoms with Crippen molar-refractivity contribution in [3.05, 3.63) is 28.7 Å². The molecule has 1 saturated carbocycles. The van der Waals surface area contributed by atoms with Crippen LogP contribution in [0.1, 0.15) is 44.6 Å². The maximum absolute atomic E-state index is 12.4. The summed E-state index contributed by atoms with van der Waals surface area (Å²) in [6, 6.07) is 4.17. The second-order valence-electron chi connectivity index (χ2n) is 6.62. The second-order valence-corrected chi connectivity index (χ2v) is 6.62. The Morgan fingerprint density at radius 2 is 1.91 bits per heavy atom. The van der Waals surface area contributed by atoms with Crippen LogP contribution in [-0.4, -0.2) is 33.7 Å². The summed E-state index contributed by atoms with van der Waals surface area (Å²) in [5, 5.41) is 7.73. The SMILES string of the molecule is O=c1ccc2cnc(NC3CCNCC3)nc2n1C1CCCC1. The van der Waals surface area contributed by atoms with E-state index >= 15 is 0 Å². The van der Waals surface area contributed by atoms with Crippen molar-refractivity contribution in [3.63, 3.8) is 0 Å². The monoisotopic (exact) mass is 313 g/mol. The summed E-state index contributed by atoms with van der Waals surface area (Å²) in [6.45, 7) is 2.05. The van der Waals surface area contributed by atoms with Crippen LogP contribution in [0.25, 0.3) is 11.0 Å². The molecule has 6 nitrogen and oxygen atoms in total. The van der Waals surface area contributed by atoms with Gasteiger partial charge in [-0.25, -0.2) is 4.98 Å². The van der Waals surface area contributed by atoms with Crippen molar-refractivity contribution in [3.8, 4) is 0 Å². The van der Waals surface area contributed by atoms with Crippen LogP contribution < -0.4 is 16.2 Å². The summed E-state index contributed by atoms with van der Waals surface area (Å²) in [5.74, 6) is 0.641. The summed E-state index contributed by atoms with van der Waals surface area (Å²) in [6.07, 6.45) is 8.51. The Bertz CT molecular complexity index is 744. The van der Waals surface area contributed by atoms with Gasteiger partial charge < -0.3 is 10.6 Å². The number of hydrogen-bond acceptors (Lipinski definition) is 5. The van der Waals surface area contributed by atoms with Crippen LogP contribution in [-0.2, 0) is 0 Å². The minimum atomic E-state index is 0.0518. The number of rotatable bonds is 3. The van der Waals surface area contributed by atoms with E-state index in [1.54, 1.807) is 6.07 Å². The molecule has 2 aromatic rings. The Kier molecular flexibility index (Phi) is 3.99. The highest BCUT2D eigenvalue weighted by molar-refractivity contribution is 5.75. The van der Waals surface area contributed by atoms with Crippen molar-refractivity contribution in [2.24, 2.45) is 0 Å². The summed E-state index contributed by atoms with van der Waals surface area (Å²) in [7, 11) is 0. The van der Waals surface area contributed by atoms with Gasteiger partial charge in [0.05, 0.1) is 0 Å². The van der Waals surface area contributed by atoms with E-state index in [0.29, 0.717) is 12.0 Å². The van der Waals surface area contributed by atoms with Gasteiger partial charge in [0.1, 0.15) is 5.65 Å². The third-order valence-electron chi connectivity index (χ3n) is 5.03. The summed E-state index contributed by atoms with van der Waals surface area (Å²) >= 11 is 0. The Morgan fingerprint density at radius 3 is 2.70 bits per heavy atom. The average Bonchev–Trinajstić information content (AvgIpc) is 3.09. The molecule has 2 N–H and O–H groups in total. The molecule has 0 radical (unpaired) electrons. The first-order chi connectivity index (χ1) is 11.3. The zero-order valence-corrected chi connectivity index (χ0v) is 13.3. The van der Waals surface area contributed by atoms with Crippen molar-refractivity contribution >= 4 is 17.0 Å². The predicted octanol–water partition coefficient (Wildman–Crippen LogP) is 2.07. The van der Waals surface area contributed by atoms with Crippen molar-refractivity contribution in [1.82, 2.24) is 19.9 Å². The fourth-order valence-electron chi connectivity index (χ4n) is 3.77. The number of nitrogens with zero attached hydrogens (tertiary/aromatic N) is 3. The lowest BCUT2D eigenvalue weighted by Gasteiger charge is -2.24. The van der Waals surface area contributed by atoms with Gasteiger partial charge in [-0.3, -0.25) is 9.36 Å². The Hall–Kier alpha value is -1.95. The molecule has 2 fully saturated rings. The molecule has 1 saturated heterocycles. The smallest absolute Gasteiger partial charge is 0.252 e. The van der Waals surface area contributed by atoms with E-state index in [0.717, 1.165) is 49.8 Å². The van der Waals surface area contributed by atoms with E-state index in [9.17, 15) is 4.79 Å². The van der Waals surface area contributed by atoms with Crippen LogP contribution >= 0.6 is 0 Å². The zero-order chi connectivity index (χ0) is 15.6. The highest BCUT2D eigenvalue weighted by Crippen LogP contribution is 2.30. The number of aromatic nitrogens is 3. The van der Waals surface area contributed by atoms with Crippen LogP contribution in [0, 0.1) is 0 Å². The Labute approximate surface area is 135 Å². The van der Waals surface area contributed by atoms with Gasteiger partial charge in [0.2, 0.25) is 5.95 Å². The van der Waals surface area contributed by atoms with Gasteiger partial charge in [-0.2, -0.15) is 4.98 Å². The van der Waals surface area contributed by atoms with E-state index < -0.39 is 0 Å². The van der Waals surface area contributed by atoms with Gasteiger partial charge in [-0.15, -0.1) is 0 Å². The molecule has 0 aromatic carbocycles. The molecule has 0 atom stereocenters. The number of fused-ring (bicyclic) bond motifs is 1. The lowest BCUT2D eigenvalue weighted by atomic mass is 10.1. The summed E-state index contributed by atoms with van der Waals surface area (Å²) in [4.78, 5) is 21.5. The van der Waals surface area contributed by atoms with Crippen LogP contribution in [0.15, 0.2) is 23.1 Å². The lowest BCUT2D eigenvalue weighted by Crippen LogP contribution is -2.35. The number of piperidine rings is 1. The van der Waals surface area contributed by atoms with E-state index in [2.05, 4.69) is 15.6 Å². The third kappa shape index (κ3) is 2.95. The first-order valence-electron chi connectivity index (χ1n) is 8.67. The normalized spacial score (nSPS) is 20.2. The van der Waals surface area contributed by atoms with Gasteiger partial charge in [0.25, 0.3) is 5.56 Å². The Morgan fingerprint density at radius 1 is 1.13 bits per heavy atom. The molecule has 23 heavy (non-hydrogen) atoms. The molecule has 2 aromatic heterocycles. The number of nitrogens with one attached hydrogen (secondary N) is 2. The van der Waals surface area contributed by atoms with Crippen molar-refractivity contribution in [2.75, 3.05) is 18.4 Å². The maximum atomic E-state index is 12.4. The van der Waals surface area contributed by atoms with Crippen molar-refractivity contribution in [1.29, 1.82) is 0 Å². The number of pyridine rings is 1. The largest absolute Gasteiger partial charge is 0.351 e. The van der Waals surface area contributed by atoms with E-state index in [1.165, 1.54) is 12.8 Å². The molecule has 0 bridgehead atoms. The molecule has 6 heteroatoms. The summed E-state index contributed by atoms with van der Waals surface area (Å²) < 4.78 is 1.89. The molecule has 1 aliphatic heterocycles. The first-order valence-corrected chi connectivity index (χ1v) is 8.67. The van der Waals surface area contributed by atoms with Gasteiger partial charge in [-0.1, -0.05) is 12.8 Å². The fraction of sp³-hybridized carbons (Fsp3) is 0.588. The second kappa shape index (κ2) is 6.28. The maximum Gasteiger partial charge on any atom is 0.252 e. The van der Waals surface area contributed by atoms with E-state index in [1.807, 2.05) is 16.8 Å². The molecule has 0 unspecified atom stereocenters. The third-order valence-corrected chi connectivity index (χ3v) is 5.03. The van der Waals surface area contributed by atoms with E-state index in [4.69, 9.17) is 4.98 Å². The number of hydrogen-bond donors (Lipinski definition) is 2. The lowest BCUT2D eigenvalue weighted by molar-refractivity contribution is 0.477. The topological polar surface area (TPSA) is 71.8 Å². The standard InChI is InChI=1S/C17H23N5O/c23-15-6-5-12-11-19-17(20-13-7-9-18-10-8-13)21-16(12)22(15)14-3-1-2-4-14/h5-6,11,13-14,18H,1-4,7-10H2,(H,19,20,21). The minimum Gasteiger partial charge on any atom is -0.351 e. The van der Waals surface area contributed by atoms with Crippen LogP contribution in [0.5, 0.6) is 0 Å². The van der Waals surface area contributed by atoms with Gasteiger partial charge >= 0.3 is 0 Å². The van der Waals surface area contributed by atoms with Gasteiger partial charge in [0.15, 0.2) is 0 Å². The summed E-state index contributed by atoms with van der Waals surface area (Å²) in [5.41, 5.74) is 0.826. The van der Waals surface area contributed by atoms with E-state index in [-0.39, 0.29) is 11.6 Å². The minimum absolute atomic E-state index is 0.0518. The quantitative estimate of drug-likeness (QED) is 0.907. The molecule has 3 heterocycles. The van der Waals surface area contributed by atoms with Gasteiger partial charge in [0, 0.05) is 29.7 Å². The molecule has 4 rings (SSSR count). The van der Waals surface area contributed by atoms with Crippen LogP contribution in [0.3, 0.4) is 0 Å². The molecule has 0 amide bonds. The van der Waals surface area contributed by atoms with Crippen LogP contribution in [0.2, 0.25) is 0 Å². The Balaban J connectivity index is 1.71. The van der Waals surface area contributed by atoms with Crippen molar-refractivity contribution < 1.29 is 0 Å². The molecule has 1 aliphatic carbocycles. The number of anilines is 1. The van der Waals surface area contributed by atoms with Crippen LogP contribution in [0.4, 0.5) is 5.95 Å². The highest BCUT2D eigenvalue weighted by atomic mass is 16.1. The van der Waals surface area contributed by atoms with Gasteiger partial charge in [-0.05, 0) is 44.8 Å². The molecule has 2 aliphatic rings. The highest BCUT2D eigenvalue weighted by Gasteiger charge is 2.21. The average molecular weight is 313 g/mol. The predicted molar refractivity (Wildman–Crippen MR) is 90.8 cm³/mol. The first kappa shape index (κ1) is 14.6. The van der Waals surface area contributed by atoms with Crippen molar-refractivity contribution in [2.45, 2.75) is 50.6 Å². The fourth-order valence-corrected chi connectivity index (χ4v) is 3.77. The molecular formula is C17H23N5O.